The third kappa shape index (κ3) is 1.77. The Bertz CT molecular complexity index is 243. The highest BCUT2D eigenvalue weighted by atomic mass is 16.1. The number of nitrogens with one attached hydrogen (secondary N) is 1. The molecule has 0 aromatic heterocycles. The van der Waals surface area contributed by atoms with E-state index in [1.54, 1.807) is 7.05 Å². The molecule has 1 rings (SSSR count). The summed E-state index contributed by atoms with van der Waals surface area (Å²) in [6.07, 6.45) is 2.15. The molecule has 3 nitrogen and oxygen atoms in total. The summed E-state index contributed by atoms with van der Waals surface area (Å²) in [5, 5.41) is 2.47. The average Bonchev–Trinajstić information content (AvgIpc) is 2.81. The monoisotopic (exact) mass is 166 g/mol. The molecule has 1 fully saturated rings. The van der Waals surface area contributed by atoms with Gasteiger partial charge >= 0.3 is 0 Å². The normalized spacial score (nSPS) is 18.0. The predicted molar refractivity (Wildman–Crippen MR) is 47.5 cm³/mol. The van der Waals surface area contributed by atoms with Gasteiger partial charge in [0.25, 0.3) is 5.91 Å². The molecule has 0 radical (unpaired) electrons. The third-order valence-electron chi connectivity index (χ3n) is 2.22. The lowest BCUT2D eigenvalue weighted by Gasteiger charge is -2.16. The number of rotatable bonds is 1. The van der Waals surface area contributed by atoms with E-state index in [-0.39, 0.29) is 11.4 Å². The molecule has 0 aromatic carbocycles. The molecule has 12 heavy (non-hydrogen) atoms. The molecular weight excluding hydrogens is 152 g/mol. The number of amides is 1. The van der Waals surface area contributed by atoms with Gasteiger partial charge in [-0.25, -0.2) is 0 Å². The highest BCUT2D eigenvalue weighted by Crippen LogP contribution is 2.39. The highest BCUT2D eigenvalue weighted by molar-refractivity contribution is 5.93. The van der Waals surface area contributed by atoms with E-state index in [4.69, 9.17) is 0 Å². The quantitative estimate of drug-likeness (QED) is 0.548. The molecule has 0 saturated heterocycles. The highest BCUT2D eigenvalue weighted by Gasteiger charge is 2.43. The van der Waals surface area contributed by atoms with Crippen LogP contribution in [0.5, 0.6) is 0 Å². The van der Waals surface area contributed by atoms with E-state index in [0.717, 1.165) is 12.8 Å². The molecule has 1 saturated carbocycles. The van der Waals surface area contributed by atoms with Crippen LogP contribution in [0.2, 0.25) is 0 Å². The topological polar surface area (TPSA) is 32.3 Å². The number of hydrogen-bond donors (Lipinski definition) is 1. The number of carbonyl (C=O) groups excluding carboxylic acids is 1. The molecule has 1 aliphatic carbocycles. The summed E-state index contributed by atoms with van der Waals surface area (Å²) in [4.78, 5) is 12.9. The Morgan fingerprint density at radius 3 is 2.42 bits per heavy atom. The molecule has 0 heterocycles. The summed E-state index contributed by atoms with van der Waals surface area (Å²) in [7, 11) is 5.57. The van der Waals surface area contributed by atoms with Crippen molar-refractivity contribution >= 4 is 5.91 Å². The van der Waals surface area contributed by atoms with Crippen molar-refractivity contribution in [2.24, 2.45) is 0 Å². The fourth-order valence-corrected chi connectivity index (χ4v) is 1.04. The largest absolute Gasteiger partial charge is 0.348 e. The second kappa shape index (κ2) is 3.16. The van der Waals surface area contributed by atoms with Crippen LogP contribution in [0.3, 0.4) is 0 Å². The standard InChI is InChI=1S/C9H14N2O/c1-10-8(12)4-5-9(6-7-9)11(2)3/h6-7H2,1-3H3,(H,10,12). The minimum Gasteiger partial charge on any atom is -0.348 e. The first-order chi connectivity index (χ1) is 5.60. The van der Waals surface area contributed by atoms with Crippen molar-refractivity contribution in [3.8, 4) is 11.8 Å². The van der Waals surface area contributed by atoms with Crippen molar-refractivity contribution in [1.82, 2.24) is 10.2 Å². The molecule has 0 aromatic rings. The molecule has 0 unspecified atom stereocenters. The van der Waals surface area contributed by atoms with Crippen LogP contribution in [-0.2, 0) is 4.79 Å². The van der Waals surface area contributed by atoms with Gasteiger partial charge in [0.15, 0.2) is 0 Å². The molecular formula is C9H14N2O. The van der Waals surface area contributed by atoms with Crippen molar-refractivity contribution < 1.29 is 4.79 Å². The molecule has 66 valence electrons. The summed E-state index contributed by atoms with van der Waals surface area (Å²) in [5.41, 5.74) is -0.00743. The van der Waals surface area contributed by atoms with Gasteiger partial charge in [0.1, 0.15) is 0 Å². The number of nitrogens with zero attached hydrogens (tertiary/aromatic N) is 1. The minimum absolute atomic E-state index is 0.00743. The Morgan fingerprint density at radius 1 is 1.50 bits per heavy atom. The Morgan fingerprint density at radius 2 is 2.08 bits per heavy atom. The van der Waals surface area contributed by atoms with Gasteiger partial charge in [-0.3, -0.25) is 9.69 Å². The maximum absolute atomic E-state index is 10.8. The van der Waals surface area contributed by atoms with Crippen LogP contribution in [0.15, 0.2) is 0 Å². The van der Waals surface area contributed by atoms with E-state index >= 15 is 0 Å². The van der Waals surface area contributed by atoms with Crippen molar-refractivity contribution in [1.29, 1.82) is 0 Å². The Kier molecular flexibility index (Phi) is 2.39. The van der Waals surface area contributed by atoms with Gasteiger partial charge in [0, 0.05) is 7.05 Å². The van der Waals surface area contributed by atoms with E-state index in [9.17, 15) is 4.79 Å². The van der Waals surface area contributed by atoms with Gasteiger partial charge in [0.05, 0.1) is 5.54 Å². The SMILES string of the molecule is CNC(=O)C#CC1(N(C)C)CC1. The second-order valence-electron chi connectivity index (χ2n) is 3.26. The Balaban J connectivity index is 2.59. The van der Waals surface area contributed by atoms with Gasteiger partial charge in [-0.15, -0.1) is 0 Å². The van der Waals surface area contributed by atoms with E-state index < -0.39 is 0 Å². The van der Waals surface area contributed by atoms with Crippen molar-refractivity contribution in [3.05, 3.63) is 0 Å². The maximum Gasteiger partial charge on any atom is 0.295 e. The van der Waals surface area contributed by atoms with Gasteiger partial charge < -0.3 is 5.32 Å². The van der Waals surface area contributed by atoms with E-state index in [1.807, 2.05) is 14.1 Å². The van der Waals surface area contributed by atoms with Crippen LogP contribution in [-0.4, -0.2) is 37.5 Å². The first-order valence-corrected chi connectivity index (χ1v) is 4.03. The van der Waals surface area contributed by atoms with Crippen molar-refractivity contribution in [2.45, 2.75) is 18.4 Å². The van der Waals surface area contributed by atoms with E-state index in [2.05, 4.69) is 22.1 Å². The first kappa shape index (κ1) is 9.08. The molecule has 0 atom stereocenters. The predicted octanol–water partition coefficient (Wildman–Crippen LogP) is -0.170. The van der Waals surface area contributed by atoms with Crippen LogP contribution in [0.1, 0.15) is 12.8 Å². The number of hydrogen-bond acceptors (Lipinski definition) is 2. The third-order valence-corrected chi connectivity index (χ3v) is 2.22. The lowest BCUT2D eigenvalue weighted by molar-refractivity contribution is -0.115. The average molecular weight is 166 g/mol. The van der Waals surface area contributed by atoms with Crippen LogP contribution in [0, 0.1) is 11.8 Å². The van der Waals surface area contributed by atoms with Crippen LogP contribution in [0.25, 0.3) is 0 Å². The van der Waals surface area contributed by atoms with Gasteiger partial charge in [0.2, 0.25) is 0 Å². The lowest BCUT2D eigenvalue weighted by atomic mass is 10.2. The maximum atomic E-state index is 10.8. The molecule has 0 bridgehead atoms. The van der Waals surface area contributed by atoms with E-state index in [1.165, 1.54) is 0 Å². The Hall–Kier alpha value is -1.01. The summed E-state index contributed by atoms with van der Waals surface area (Å²) in [6.45, 7) is 0. The van der Waals surface area contributed by atoms with Crippen LogP contribution < -0.4 is 5.32 Å². The lowest BCUT2D eigenvalue weighted by Crippen LogP contribution is -2.28. The fourth-order valence-electron chi connectivity index (χ4n) is 1.04. The van der Waals surface area contributed by atoms with Crippen molar-refractivity contribution in [2.75, 3.05) is 21.1 Å². The zero-order valence-corrected chi connectivity index (χ0v) is 7.77. The molecule has 1 aliphatic rings. The first-order valence-electron chi connectivity index (χ1n) is 4.03. The van der Waals surface area contributed by atoms with Crippen LogP contribution >= 0.6 is 0 Å². The smallest absolute Gasteiger partial charge is 0.295 e. The molecule has 1 amide bonds. The van der Waals surface area contributed by atoms with E-state index in [0.29, 0.717) is 0 Å². The van der Waals surface area contributed by atoms with Crippen molar-refractivity contribution in [3.63, 3.8) is 0 Å². The number of carbonyl (C=O) groups is 1. The fraction of sp³-hybridized carbons (Fsp3) is 0.667. The zero-order chi connectivity index (χ0) is 9.19. The van der Waals surface area contributed by atoms with Gasteiger partial charge in [-0.1, -0.05) is 5.92 Å². The van der Waals surface area contributed by atoms with Crippen LogP contribution in [0.4, 0.5) is 0 Å². The summed E-state index contributed by atoms with van der Waals surface area (Å²) in [5.74, 6) is 5.35. The molecule has 0 spiro atoms. The second-order valence-corrected chi connectivity index (χ2v) is 3.26. The molecule has 0 aliphatic heterocycles. The molecule has 1 N–H and O–H groups in total. The zero-order valence-electron chi connectivity index (χ0n) is 7.77. The van der Waals surface area contributed by atoms with Gasteiger partial charge in [-0.05, 0) is 32.9 Å². The summed E-state index contributed by atoms with van der Waals surface area (Å²) >= 11 is 0. The van der Waals surface area contributed by atoms with Gasteiger partial charge in [-0.2, -0.15) is 0 Å². The minimum atomic E-state index is -0.205. The summed E-state index contributed by atoms with van der Waals surface area (Å²) in [6, 6.07) is 0. The Labute approximate surface area is 73.1 Å². The molecule has 3 heteroatoms. The summed E-state index contributed by atoms with van der Waals surface area (Å²) < 4.78 is 0.